The van der Waals surface area contributed by atoms with E-state index in [4.69, 9.17) is 4.74 Å². The van der Waals surface area contributed by atoms with Crippen LogP contribution in [0, 0.1) is 5.82 Å². The highest BCUT2D eigenvalue weighted by Crippen LogP contribution is 2.21. The van der Waals surface area contributed by atoms with Gasteiger partial charge in [-0.2, -0.15) is 5.10 Å². The van der Waals surface area contributed by atoms with Gasteiger partial charge >= 0.3 is 5.97 Å². The van der Waals surface area contributed by atoms with Crippen molar-refractivity contribution in [3.8, 4) is 5.69 Å². The minimum Gasteiger partial charge on any atom is -0.468 e. The number of carbonyl (C=O) groups is 1. The van der Waals surface area contributed by atoms with Gasteiger partial charge in [-0.1, -0.05) is 6.07 Å². The zero-order valence-corrected chi connectivity index (χ0v) is 12.4. The summed E-state index contributed by atoms with van der Waals surface area (Å²) in [5.41, 5.74) is 1.53. The quantitative estimate of drug-likeness (QED) is 0.812. The van der Waals surface area contributed by atoms with Gasteiger partial charge in [0.05, 0.1) is 18.5 Å². The van der Waals surface area contributed by atoms with E-state index in [1.807, 2.05) is 6.07 Å². The number of esters is 1. The molecule has 0 N–H and O–H groups in total. The molecule has 116 valence electrons. The van der Waals surface area contributed by atoms with Crippen molar-refractivity contribution in [1.82, 2.24) is 14.7 Å². The molecule has 0 saturated carbocycles. The molecule has 1 aliphatic rings. The van der Waals surface area contributed by atoms with E-state index in [1.54, 1.807) is 23.0 Å². The zero-order valence-electron chi connectivity index (χ0n) is 12.4. The Labute approximate surface area is 128 Å². The van der Waals surface area contributed by atoms with Crippen molar-refractivity contribution in [2.45, 2.75) is 25.4 Å². The molecule has 1 aliphatic heterocycles. The van der Waals surface area contributed by atoms with Crippen molar-refractivity contribution in [3.05, 3.63) is 48.0 Å². The maximum atomic E-state index is 13.3. The number of hydrogen-bond donors (Lipinski definition) is 0. The number of benzene rings is 1. The topological polar surface area (TPSA) is 47.4 Å². The van der Waals surface area contributed by atoms with Crippen LogP contribution in [-0.4, -0.2) is 40.3 Å². The van der Waals surface area contributed by atoms with Gasteiger partial charge in [0.1, 0.15) is 11.9 Å². The molecule has 2 aromatic rings. The van der Waals surface area contributed by atoms with Crippen LogP contribution in [0.15, 0.2) is 36.5 Å². The third-order valence-corrected chi connectivity index (χ3v) is 3.92. The summed E-state index contributed by atoms with van der Waals surface area (Å²) in [4.78, 5) is 13.8. The molecule has 1 aromatic heterocycles. The lowest BCUT2D eigenvalue weighted by molar-refractivity contribution is -0.146. The maximum absolute atomic E-state index is 13.3. The van der Waals surface area contributed by atoms with E-state index in [9.17, 15) is 9.18 Å². The number of hydrogen-bond acceptors (Lipinski definition) is 4. The van der Waals surface area contributed by atoms with Crippen LogP contribution in [0.5, 0.6) is 0 Å². The second-order valence-electron chi connectivity index (χ2n) is 5.38. The molecular weight excluding hydrogens is 285 g/mol. The third kappa shape index (κ3) is 3.01. The largest absolute Gasteiger partial charge is 0.468 e. The number of rotatable bonds is 4. The summed E-state index contributed by atoms with van der Waals surface area (Å²) in [6, 6.07) is 7.98. The smallest absolute Gasteiger partial charge is 0.323 e. The predicted octanol–water partition coefficient (Wildman–Crippen LogP) is 2.15. The Bertz CT molecular complexity index is 671. The van der Waals surface area contributed by atoms with Crippen LogP contribution in [0.3, 0.4) is 0 Å². The number of aromatic nitrogens is 2. The van der Waals surface area contributed by atoms with Crippen molar-refractivity contribution in [2.24, 2.45) is 0 Å². The normalized spacial score (nSPS) is 18.5. The Morgan fingerprint density at radius 2 is 2.32 bits per heavy atom. The van der Waals surface area contributed by atoms with Crippen molar-refractivity contribution in [1.29, 1.82) is 0 Å². The van der Waals surface area contributed by atoms with Crippen LogP contribution in [0.1, 0.15) is 18.5 Å². The average molecular weight is 303 g/mol. The summed E-state index contributed by atoms with van der Waals surface area (Å²) in [7, 11) is 1.41. The molecule has 1 saturated heterocycles. The van der Waals surface area contributed by atoms with Gasteiger partial charge in [0.2, 0.25) is 0 Å². The van der Waals surface area contributed by atoms with Gasteiger partial charge in [-0.25, -0.2) is 9.07 Å². The molecule has 0 bridgehead atoms. The molecule has 0 spiro atoms. The summed E-state index contributed by atoms with van der Waals surface area (Å²) in [5.74, 6) is -0.484. The van der Waals surface area contributed by atoms with Crippen LogP contribution in [0.4, 0.5) is 4.39 Å². The number of methoxy groups -OCH3 is 1. The monoisotopic (exact) mass is 303 g/mol. The van der Waals surface area contributed by atoms with Gasteiger partial charge < -0.3 is 4.74 Å². The Morgan fingerprint density at radius 3 is 3.09 bits per heavy atom. The maximum Gasteiger partial charge on any atom is 0.323 e. The second kappa shape index (κ2) is 6.27. The number of halogens is 1. The van der Waals surface area contributed by atoms with Crippen molar-refractivity contribution < 1.29 is 13.9 Å². The van der Waals surface area contributed by atoms with E-state index in [0.717, 1.165) is 25.1 Å². The summed E-state index contributed by atoms with van der Waals surface area (Å²) in [6.07, 6.45) is 3.59. The summed E-state index contributed by atoms with van der Waals surface area (Å²) < 4.78 is 19.7. The summed E-state index contributed by atoms with van der Waals surface area (Å²) >= 11 is 0. The van der Waals surface area contributed by atoms with E-state index in [0.29, 0.717) is 12.2 Å². The fourth-order valence-corrected chi connectivity index (χ4v) is 2.83. The minimum absolute atomic E-state index is 0.190. The molecule has 6 heteroatoms. The Morgan fingerprint density at radius 1 is 1.45 bits per heavy atom. The van der Waals surface area contributed by atoms with E-state index >= 15 is 0 Å². The van der Waals surface area contributed by atoms with Crippen molar-refractivity contribution in [3.63, 3.8) is 0 Å². The van der Waals surface area contributed by atoms with E-state index in [-0.39, 0.29) is 17.8 Å². The highest BCUT2D eigenvalue weighted by Gasteiger charge is 2.31. The van der Waals surface area contributed by atoms with Gasteiger partial charge in [0, 0.05) is 12.7 Å². The van der Waals surface area contributed by atoms with Gasteiger partial charge in [0.25, 0.3) is 0 Å². The Kier molecular flexibility index (Phi) is 4.20. The Hall–Kier alpha value is -2.21. The summed E-state index contributed by atoms with van der Waals surface area (Å²) in [6.45, 7) is 1.44. The number of likely N-dealkylation sites (tertiary alicyclic amines) is 1. The Balaban J connectivity index is 1.73. The third-order valence-electron chi connectivity index (χ3n) is 3.92. The van der Waals surface area contributed by atoms with Crippen LogP contribution in [-0.2, 0) is 16.1 Å². The minimum atomic E-state index is -0.292. The van der Waals surface area contributed by atoms with Crippen LogP contribution < -0.4 is 0 Å². The lowest BCUT2D eigenvalue weighted by Gasteiger charge is -2.21. The van der Waals surface area contributed by atoms with Gasteiger partial charge in [0.15, 0.2) is 0 Å². The van der Waals surface area contributed by atoms with Gasteiger partial charge in [-0.05, 0) is 43.7 Å². The molecule has 5 nitrogen and oxygen atoms in total. The second-order valence-corrected chi connectivity index (χ2v) is 5.38. The molecule has 2 heterocycles. The van der Waals surface area contributed by atoms with Crippen LogP contribution >= 0.6 is 0 Å². The molecule has 0 aliphatic carbocycles. The molecule has 1 atom stereocenters. The fraction of sp³-hybridized carbons (Fsp3) is 0.375. The molecular formula is C16H18FN3O2. The highest BCUT2D eigenvalue weighted by molar-refractivity contribution is 5.75. The van der Waals surface area contributed by atoms with Crippen LogP contribution in [0.25, 0.3) is 5.69 Å². The molecule has 1 aromatic carbocycles. The first kappa shape index (κ1) is 14.7. The van der Waals surface area contributed by atoms with E-state index in [1.165, 1.54) is 19.2 Å². The zero-order chi connectivity index (χ0) is 15.5. The van der Waals surface area contributed by atoms with E-state index in [2.05, 4.69) is 10.00 Å². The average Bonchev–Trinajstić information content (AvgIpc) is 3.16. The van der Waals surface area contributed by atoms with Crippen LogP contribution in [0.2, 0.25) is 0 Å². The van der Waals surface area contributed by atoms with Crippen molar-refractivity contribution >= 4 is 5.97 Å². The molecule has 0 unspecified atom stereocenters. The lowest BCUT2D eigenvalue weighted by Crippen LogP contribution is -2.36. The SMILES string of the molecule is COC(=O)[C@@H]1CCCN1Cc1ccn(-c2cccc(F)c2)n1. The van der Waals surface area contributed by atoms with Gasteiger partial charge in [-0.3, -0.25) is 9.69 Å². The first-order chi connectivity index (χ1) is 10.7. The lowest BCUT2D eigenvalue weighted by atomic mass is 10.2. The number of carbonyl (C=O) groups excluding carboxylic acids is 1. The molecule has 1 fully saturated rings. The summed E-state index contributed by atoms with van der Waals surface area (Å²) in [5, 5.41) is 4.46. The molecule has 0 amide bonds. The highest BCUT2D eigenvalue weighted by atomic mass is 19.1. The predicted molar refractivity (Wildman–Crippen MR) is 79.0 cm³/mol. The van der Waals surface area contributed by atoms with Gasteiger partial charge in [-0.15, -0.1) is 0 Å². The first-order valence-electron chi connectivity index (χ1n) is 7.30. The molecule has 22 heavy (non-hydrogen) atoms. The number of ether oxygens (including phenoxy) is 1. The number of nitrogens with zero attached hydrogens (tertiary/aromatic N) is 3. The fourth-order valence-electron chi connectivity index (χ4n) is 2.83. The molecule has 3 rings (SSSR count). The standard InChI is InChI=1S/C16H18FN3O2/c1-22-16(21)15-6-3-8-19(15)11-13-7-9-20(18-13)14-5-2-4-12(17)10-14/h2,4-5,7,9-10,15H,3,6,8,11H2,1H3/t15-/m0/s1. The van der Waals surface area contributed by atoms with E-state index < -0.39 is 0 Å². The van der Waals surface area contributed by atoms with Crippen molar-refractivity contribution in [2.75, 3.05) is 13.7 Å². The first-order valence-corrected chi connectivity index (χ1v) is 7.30. The molecule has 0 radical (unpaired) electrons.